The van der Waals surface area contributed by atoms with Gasteiger partial charge in [-0.25, -0.2) is 4.98 Å². The number of amides is 1. The highest BCUT2D eigenvalue weighted by Crippen LogP contribution is 2.38. The summed E-state index contributed by atoms with van der Waals surface area (Å²) >= 11 is 1.53. The van der Waals surface area contributed by atoms with Gasteiger partial charge in [0.05, 0.1) is 29.1 Å². The Kier molecular flexibility index (Phi) is 2.91. The van der Waals surface area contributed by atoms with Crippen molar-refractivity contribution in [2.45, 2.75) is 19.9 Å². The largest absolute Gasteiger partial charge is 0.481 e. The molecule has 1 aliphatic rings. The molecule has 0 spiro atoms. The molecule has 1 aliphatic carbocycles. The Labute approximate surface area is 96.5 Å². The van der Waals surface area contributed by atoms with Gasteiger partial charge in [-0.15, -0.1) is 11.3 Å². The standard InChI is InChI=1S/C10H12N2O3S/c1-5-12-6(4-16-5)3-11-9(13)7-2-8(7)10(14)15/h4,7-8H,2-3H2,1H3,(H,11,13)(H,14,15)/t7-,8+/m1/s1. The number of aliphatic carboxylic acids is 1. The lowest BCUT2D eigenvalue weighted by Crippen LogP contribution is -2.26. The summed E-state index contributed by atoms with van der Waals surface area (Å²) in [6.45, 7) is 2.28. The van der Waals surface area contributed by atoms with Crippen molar-refractivity contribution in [1.29, 1.82) is 0 Å². The second-order valence-corrected chi connectivity index (χ2v) is 4.92. The van der Waals surface area contributed by atoms with Gasteiger partial charge in [0.1, 0.15) is 0 Å². The molecule has 1 aromatic heterocycles. The molecule has 2 atom stereocenters. The van der Waals surface area contributed by atoms with E-state index in [1.165, 1.54) is 11.3 Å². The molecule has 5 nitrogen and oxygen atoms in total. The molecule has 0 saturated heterocycles. The number of carbonyl (C=O) groups excluding carboxylic acids is 1. The minimum absolute atomic E-state index is 0.182. The van der Waals surface area contributed by atoms with Gasteiger partial charge in [-0.3, -0.25) is 9.59 Å². The molecule has 1 saturated carbocycles. The van der Waals surface area contributed by atoms with Gasteiger partial charge >= 0.3 is 5.97 Å². The lowest BCUT2D eigenvalue weighted by atomic mass is 10.3. The van der Waals surface area contributed by atoms with Crippen LogP contribution in [0.3, 0.4) is 0 Å². The minimum Gasteiger partial charge on any atom is -0.481 e. The normalized spacial score (nSPS) is 22.8. The lowest BCUT2D eigenvalue weighted by Gasteiger charge is -2.01. The van der Waals surface area contributed by atoms with E-state index in [1.54, 1.807) is 0 Å². The second kappa shape index (κ2) is 4.21. The highest BCUT2D eigenvalue weighted by atomic mass is 32.1. The lowest BCUT2D eigenvalue weighted by molar-refractivity contribution is -0.140. The minimum atomic E-state index is -0.885. The highest BCUT2D eigenvalue weighted by Gasteiger charge is 2.48. The first-order chi connectivity index (χ1) is 7.58. The quantitative estimate of drug-likeness (QED) is 0.815. The number of hydrogen-bond donors (Lipinski definition) is 2. The molecule has 1 heterocycles. The van der Waals surface area contributed by atoms with Crippen LogP contribution in [0.2, 0.25) is 0 Å². The van der Waals surface area contributed by atoms with Crippen LogP contribution in [0.4, 0.5) is 0 Å². The number of nitrogens with one attached hydrogen (secondary N) is 1. The van der Waals surface area contributed by atoms with Gasteiger partial charge in [0, 0.05) is 5.38 Å². The molecular formula is C10H12N2O3S. The van der Waals surface area contributed by atoms with Crippen molar-refractivity contribution >= 4 is 23.2 Å². The number of aromatic nitrogens is 1. The number of carbonyl (C=O) groups is 2. The van der Waals surface area contributed by atoms with Crippen LogP contribution >= 0.6 is 11.3 Å². The van der Waals surface area contributed by atoms with Crippen molar-refractivity contribution in [3.63, 3.8) is 0 Å². The van der Waals surface area contributed by atoms with Gasteiger partial charge in [0.25, 0.3) is 0 Å². The molecule has 0 unspecified atom stereocenters. The number of hydrogen-bond acceptors (Lipinski definition) is 4. The summed E-state index contributed by atoms with van der Waals surface area (Å²) in [5.74, 6) is -1.91. The van der Waals surface area contributed by atoms with E-state index >= 15 is 0 Å². The van der Waals surface area contributed by atoms with Crippen LogP contribution in [0.5, 0.6) is 0 Å². The molecule has 1 fully saturated rings. The van der Waals surface area contributed by atoms with Crippen LogP contribution in [-0.2, 0) is 16.1 Å². The third-order valence-electron chi connectivity index (χ3n) is 2.55. The van der Waals surface area contributed by atoms with Gasteiger partial charge < -0.3 is 10.4 Å². The summed E-state index contributed by atoms with van der Waals surface area (Å²) in [5, 5.41) is 14.2. The molecule has 2 N–H and O–H groups in total. The van der Waals surface area contributed by atoms with E-state index in [1.807, 2.05) is 12.3 Å². The highest BCUT2D eigenvalue weighted by molar-refractivity contribution is 7.09. The molecule has 0 bridgehead atoms. The first-order valence-corrected chi connectivity index (χ1v) is 5.87. The summed E-state index contributed by atoms with van der Waals surface area (Å²) in [6.07, 6.45) is 0.456. The average Bonchev–Trinajstić information content (AvgIpc) is 2.93. The number of carboxylic acids is 1. The SMILES string of the molecule is Cc1nc(CNC(=O)[C@@H]2C[C@@H]2C(=O)O)cs1. The summed E-state index contributed by atoms with van der Waals surface area (Å²) in [4.78, 5) is 26.3. The van der Waals surface area contributed by atoms with E-state index in [9.17, 15) is 9.59 Å². The van der Waals surface area contributed by atoms with E-state index in [-0.39, 0.29) is 11.8 Å². The molecule has 86 valence electrons. The van der Waals surface area contributed by atoms with E-state index in [2.05, 4.69) is 10.3 Å². The van der Waals surface area contributed by atoms with Gasteiger partial charge in [0.15, 0.2) is 0 Å². The maximum atomic E-state index is 11.5. The van der Waals surface area contributed by atoms with Crippen LogP contribution < -0.4 is 5.32 Å². The molecule has 0 radical (unpaired) electrons. The number of aryl methyl sites for hydroxylation is 1. The zero-order valence-corrected chi connectivity index (χ0v) is 9.58. The van der Waals surface area contributed by atoms with Crippen molar-refractivity contribution in [1.82, 2.24) is 10.3 Å². The van der Waals surface area contributed by atoms with Gasteiger partial charge in [-0.2, -0.15) is 0 Å². The van der Waals surface area contributed by atoms with E-state index in [0.29, 0.717) is 13.0 Å². The summed E-state index contributed by atoms with van der Waals surface area (Å²) < 4.78 is 0. The Balaban J connectivity index is 1.79. The number of rotatable bonds is 4. The third kappa shape index (κ3) is 2.38. The Hall–Kier alpha value is -1.43. The molecule has 1 amide bonds. The first kappa shape index (κ1) is 11.1. The van der Waals surface area contributed by atoms with Crippen molar-refractivity contribution in [2.24, 2.45) is 11.8 Å². The Bertz CT molecular complexity index is 429. The van der Waals surface area contributed by atoms with Gasteiger partial charge in [0.2, 0.25) is 5.91 Å². The molecule has 1 aromatic rings. The Morgan fingerprint density at radius 3 is 2.88 bits per heavy atom. The van der Waals surface area contributed by atoms with Crippen LogP contribution in [0.15, 0.2) is 5.38 Å². The van der Waals surface area contributed by atoms with E-state index in [4.69, 9.17) is 5.11 Å². The van der Waals surface area contributed by atoms with Crippen LogP contribution in [0.1, 0.15) is 17.1 Å². The molecule has 0 aliphatic heterocycles. The molecular weight excluding hydrogens is 228 g/mol. The van der Waals surface area contributed by atoms with Crippen LogP contribution in [0.25, 0.3) is 0 Å². The van der Waals surface area contributed by atoms with Crippen LogP contribution in [0, 0.1) is 18.8 Å². The third-order valence-corrected chi connectivity index (χ3v) is 3.38. The number of nitrogens with zero attached hydrogens (tertiary/aromatic N) is 1. The monoisotopic (exact) mass is 240 g/mol. The summed E-state index contributed by atoms with van der Waals surface area (Å²) in [7, 11) is 0. The van der Waals surface area contributed by atoms with Crippen molar-refractivity contribution < 1.29 is 14.7 Å². The molecule has 2 rings (SSSR count). The molecule has 6 heteroatoms. The zero-order valence-electron chi connectivity index (χ0n) is 8.77. The Morgan fingerprint density at radius 1 is 1.62 bits per heavy atom. The summed E-state index contributed by atoms with van der Waals surface area (Å²) in [5.41, 5.74) is 0.823. The topological polar surface area (TPSA) is 79.3 Å². The second-order valence-electron chi connectivity index (χ2n) is 3.86. The van der Waals surface area contributed by atoms with Crippen LogP contribution in [-0.4, -0.2) is 22.0 Å². The fourth-order valence-corrected chi connectivity index (χ4v) is 2.17. The summed E-state index contributed by atoms with van der Waals surface area (Å²) in [6, 6.07) is 0. The van der Waals surface area contributed by atoms with Crippen molar-refractivity contribution in [2.75, 3.05) is 0 Å². The van der Waals surface area contributed by atoms with E-state index < -0.39 is 11.9 Å². The average molecular weight is 240 g/mol. The Morgan fingerprint density at radius 2 is 2.38 bits per heavy atom. The fourth-order valence-electron chi connectivity index (χ4n) is 1.56. The van der Waals surface area contributed by atoms with E-state index in [0.717, 1.165) is 10.7 Å². The van der Waals surface area contributed by atoms with Crippen molar-refractivity contribution in [3.8, 4) is 0 Å². The molecule has 0 aromatic carbocycles. The number of thiazole rings is 1. The van der Waals surface area contributed by atoms with Crippen molar-refractivity contribution in [3.05, 3.63) is 16.1 Å². The fraction of sp³-hybridized carbons (Fsp3) is 0.500. The van der Waals surface area contributed by atoms with Gasteiger partial charge in [-0.1, -0.05) is 0 Å². The zero-order chi connectivity index (χ0) is 11.7. The predicted molar refractivity (Wildman–Crippen MR) is 57.9 cm³/mol. The predicted octanol–water partition coefficient (Wildman–Crippen LogP) is 0.788. The van der Waals surface area contributed by atoms with Gasteiger partial charge in [-0.05, 0) is 13.3 Å². The number of carboxylic acid groups (broad SMARTS) is 1. The smallest absolute Gasteiger partial charge is 0.307 e. The maximum Gasteiger partial charge on any atom is 0.307 e. The first-order valence-electron chi connectivity index (χ1n) is 4.99. The maximum absolute atomic E-state index is 11.5. The molecule has 16 heavy (non-hydrogen) atoms.